The van der Waals surface area contributed by atoms with Crippen LogP contribution in [0.5, 0.6) is 11.5 Å². The second-order valence-electron chi connectivity index (χ2n) is 8.14. The first-order chi connectivity index (χ1) is 15.5. The second-order valence-corrected chi connectivity index (χ2v) is 8.14. The van der Waals surface area contributed by atoms with Gasteiger partial charge in [-0.3, -0.25) is 5.10 Å². The van der Waals surface area contributed by atoms with Gasteiger partial charge in [0.1, 0.15) is 23.4 Å². The molecule has 1 aliphatic carbocycles. The number of hydrogen-bond donors (Lipinski definition) is 3. The molecule has 0 spiro atoms. The average molecular weight is 434 g/mol. The van der Waals surface area contributed by atoms with E-state index in [1.807, 2.05) is 44.2 Å². The lowest BCUT2D eigenvalue weighted by molar-refractivity contribution is 0.147. The molecule has 0 atom stereocenters. The van der Waals surface area contributed by atoms with Crippen molar-refractivity contribution < 1.29 is 9.47 Å². The van der Waals surface area contributed by atoms with Gasteiger partial charge in [0.05, 0.1) is 35.9 Å². The highest BCUT2D eigenvalue weighted by atomic mass is 16.5. The first kappa shape index (κ1) is 21.6. The van der Waals surface area contributed by atoms with Crippen molar-refractivity contribution in [3.05, 3.63) is 42.4 Å². The Bertz CT molecular complexity index is 1080. The smallest absolute Gasteiger partial charge is 0.158 e. The minimum atomic E-state index is 0.00567. The van der Waals surface area contributed by atoms with Crippen molar-refractivity contribution >= 4 is 11.6 Å². The van der Waals surface area contributed by atoms with E-state index in [9.17, 15) is 0 Å². The van der Waals surface area contributed by atoms with E-state index < -0.39 is 0 Å². The maximum absolute atomic E-state index is 8.87. The molecule has 0 saturated heterocycles. The van der Waals surface area contributed by atoms with E-state index in [1.54, 1.807) is 0 Å². The zero-order valence-corrected chi connectivity index (χ0v) is 18.2. The van der Waals surface area contributed by atoms with Crippen molar-refractivity contribution in [3.8, 4) is 28.8 Å². The van der Waals surface area contributed by atoms with Crippen LogP contribution in [0.15, 0.2) is 36.7 Å². The molecule has 0 amide bonds. The summed E-state index contributed by atoms with van der Waals surface area (Å²) in [6.07, 6.45) is 6.82. The van der Waals surface area contributed by atoms with Gasteiger partial charge in [0.25, 0.3) is 0 Å². The maximum Gasteiger partial charge on any atom is 0.158 e. The quantitative estimate of drug-likeness (QED) is 0.510. The summed E-state index contributed by atoms with van der Waals surface area (Å²) < 4.78 is 12.5. The van der Waals surface area contributed by atoms with E-state index >= 15 is 0 Å². The van der Waals surface area contributed by atoms with Crippen LogP contribution < -0.4 is 20.5 Å². The molecule has 166 valence electrons. The van der Waals surface area contributed by atoms with Crippen LogP contribution in [0.3, 0.4) is 0 Å². The number of benzene rings is 1. The summed E-state index contributed by atoms with van der Waals surface area (Å²) in [5, 5.41) is 19.4. The van der Waals surface area contributed by atoms with Gasteiger partial charge >= 0.3 is 0 Å². The second kappa shape index (κ2) is 9.66. The Balaban J connectivity index is 1.61. The molecule has 1 saturated carbocycles. The number of nitrogens with two attached hydrogens (primary N) is 1. The summed E-state index contributed by atoms with van der Waals surface area (Å²) in [6, 6.07) is 9.90. The van der Waals surface area contributed by atoms with Gasteiger partial charge in [0.15, 0.2) is 11.5 Å². The molecule has 32 heavy (non-hydrogen) atoms. The number of anilines is 2. The lowest BCUT2D eigenvalue weighted by Crippen LogP contribution is -2.31. The van der Waals surface area contributed by atoms with E-state index in [-0.39, 0.29) is 23.9 Å². The Labute approximate surface area is 187 Å². The number of hydrogen-bond acceptors (Lipinski definition) is 8. The molecule has 9 heteroatoms. The van der Waals surface area contributed by atoms with Gasteiger partial charge in [-0.1, -0.05) is 6.07 Å². The molecule has 1 aromatic carbocycles. The van der Waals surface area contributed by atoms with Gasteiger partial charge < -0.3 is 20.5 Å². The van der Waals surface area contributed by atoms with Crippen LogP contribution in [0.25, 0.3) is 11.3 Å². The molecule has 2 aromatic heterocycles. The van der Waals surface area contributed by atoms with Crippen LogP contribution >= 0.6 is 0 Å². The van der Waals surface area contributed by atoms with Crippen LogP contribution in [0.4, 0.5) is 11.6 Å². The van der Waals surface area contributed by atoms with E-state index in [2.05, 4.69) is 25.5 Å². The van der Waals surface area contributed by atoms with Crippen molar-refractivity contribution in [2.24, 2.45) is 5.73 Å². The summed E-state index contributed by atoms with van der Waals surface area (Å²) >= 11 is 0. The molecule has 1 fully saturated rings. The van der Waals surface area contributed by atoms with Crippen LogP contribution in [0, 0.1) is 11.3 Å². The summed E-state index contributed by atoms with van der Waals surface area (Å²) in [4.78, 5) is 8.19. The molecule has 0 bridgehead atoms. The minimum Gasteiger partial charge on any atom is -0.490 e. The van der Waals surface area contributed by atoms with Gasteiger partial charge in [-0.05, 0) is 51.7 Å². The first-order valence-corrected chi connectivity index (χ1v) is 10.8. The topological polar surface area (TPSA) is 135 Å². The third-order valence-electron chi connectivity index (χ3n) is 5.23. The molecule has 0 aliphatic heterocycles. The summed E-state index contributed by atoms with van der Waals surface area (Å²) in [6.45, 7) is 3.98. The molecule has 3 aromatic rings. The van der Waals surface area contributed by atoms with Crippen molar-refractivity contribution in [1.82, 2.24) is 20.2 Å². The number of H-pyrrole nitrogens is 1. The highest BCUT2D eigenvalue weighted by Crippen LogP contribution is 2.40. The standard InChI is InChI=1S/C23H27N7O2/c1-14(2)31-19-4-3-5-20(32-17-8-6-15(25)7-9-17)23(19)18-10-21(30-29-18)28-22-13-26-16(11-24)12-27-22/h3-5,10,12-15,17H,6-9,25H2,1-2H3,(H2,27,28,29,30)/t15-,17-. The number of aromatic nitrogens is 4. The predicted molar refractivity (Wildman–Crippen MR) is 121 cm³/mol. The van der Waals surface area contributed by atoms with Crippen LogP contribution in [0.1, 0.15) is 45.2 Å². The SMILES string of the molecule is CC(C)Oc1cccc(O[C@H]2CC[C@H](N)CC2)c1-c1cc(Nc2cnc(C#N)cn2)n[nH]1. The summed E-state index contributed by atoms with van der Waals surface area (Å²) in [5.74, 6) is 2.52. The van der Waals surface area contributed by atoms with E-state index in [0.717, 1.165) is 48.4 Å². The zero-order chi connectivity index (χ0) is 22.5. The fourth-order valence-corrected chi connectivity index (χ4v) is 3.71. The number of aromatic amines is 1. The Kier molecular flexibility index (Phi) is 6.52. The van der Waals surface area contributed by atoms with Crippen LogP contribution in [-0.4, -0.2) is 38.4 Å². The third-order valence-corrected chi connectivity index (χ3v) is 5.23. The van der Waals surface area contributed by atoms with Crippen LogP contribution in [-0.2, 0) is 0 Å². The third kappa shape index (κ3) is 5.15. The van der Waals surface area contributed by atoms with Gasteiger partial charge in [0, 0.05) is 12.1 Å². The average Bonchev–Trinajstić information content (AvgIpc) is 3.23. The van der Waals surface area contributed by atoms with Crippen molar-refractivity contribution in [2.75, 3.05) is 5.32 Å². The number of nitrogens with one attached hydrogen (secondary N) is 2. The van der Waals surface area contributed by atoms with Gasteiger partial charge in [-0.2, -0.15) is 10.4 Å². The lowest BCUT2D eigenvalue weighted by Gasteiger charge is -2.28. The molecular formula is C23H27N7O2. The zero-order valence-electron chi connectivity index (χ0n) is 18.2. The van der Waals surface area contributed by atoms with Crippen molar-refractivity contribution in [1.29, 1.82) is 5.26 Å². The largest absolute Gasteiger partial charge is 0.490 e. The van der Waals surface area contributed by atoms with Crippen molar-refractivity contribution in [2.45, 2.75) is 57.8 Å². The van der Waals surface area contributed by atoms with E-state index in [0.29, 0.717) is 11.6 Å². The molecule has 4 N–H and O–H groups in total. The summed E-state index contributed by atoms with van der Waals surface area (Å²) in [5.41, 5.74) is 7.88. The summed E-state index contributed by atoms with van der Waals surface area (Å²) in [7, 11) is 0. The molecule has 9 nitrogen and oxygen atoms in total. The number of nitriles is 1. The molecule has 4 rings (SSSR count). The highest BCUT2D eigenvalue weighted by molar-refractivity contribution is 5.76. The fraction of sp³-hybridized carbons (Fsp3) is 0.391. The van der Waals surface area contributed by atoms with Gasteiger partial charge in [-0.25, -0.2) is 9.97 Å². The van der Waals surface area contributed by atoms with Crippen LogP contribution in [0.2, 0.25) is 0 Å². The number of nitrogens with zero attached hydrogens (tertiary/aromatic N) is 4. The number of ether oxygens (including phenoxy) is 2. The minimum absolute atomic E-state index is 0.00567. The molecule has 0 unspecified atom stereocenters. The van der Waals surface area contributed by atoms with E-state index in [4.69, 9.17) is 20.5 Å². The highest BCUT2D eigenvalue weighted by Gasteiger charge is 2.23. The lowest BCUT2D eigenvalue weighted by atomic mass is 9.93. The Morgan fingerprint density at radius 2 is 1.91 bits per heavy atom. The van der Waals surface area contributed by atoms with Gasteiger partial charge in [-0.15, -0.1) is 0 Å². The van der Waals surface area contributed by atoms with Crippen molar-refractivity contribution in [3.63, 3.8) is 0 Å². The molecule has 2 heterocycles. The number of rotatable bonds is 7. The monoisotopic (exact) mass is 433 g/mol. The van der Waals surface area contributed by atoms with Gasteiger partial charge in [0.2, 0.25) is 0 Å². The Morgan fingerprint density at radius 1 is 1.12 bits per heavy atom. The molecule has 1 aliphatic rings. The molecule has 0 radical (unpaired) electrons. The Hall–Kier alpha value is -3.64. The first-order valence-electron chi connectivity index (χ1n) is 10.8. The maximum atomic E-state index is 8.87. The predicted octanol–water partition coefficient (Wildman–Crippen LogP) is 3.92. The fourth-order valence-electron chi connectivity index (χ4n) is 3.71. The Morgan fingerprint density at radius 3 is 2.59 bits per heavy atom. The van der Waals surface area contributed by atoms with E-state index in [1.165, 1.54) is 12.4 Å². The normalized spacial score (nSPS) is 18.2. The molecular weight excluding hydrogens is 406 g/mol.